The lowest BCUT2D eigenvalue weighted by Gasteiger charge is -2.32. The van der Waals surface area contributed by atoms with E-state index in [0.29, 0.717) is 37.4 Å². The van der Waals surface area contributed by atoms with Gasteiger partial charge in [0.25, 0.3) is 11.8 Å². The number of likely N-dealkylation sites (tertiary alicyclic amines) is 1. The van der Waals surface area contributed by atoms with Crippen LogP contribution >= 0.6 is 0 Å². The number of carbonyl (C=O) groups is 3. The number of carbonyl (C=O) groups excluding carboxylic acids is 3. The summed E-state index contributed by atoms with van der Waals surface area (Å²) < 4.78 is 18.3. The Morgan fingerprint density at radius 3 is 2.52 bits per heavy atom. The summed E-state index contributed by atoms with van der Waals surface area (Å²) in [6, 6.07) is 5.34. The first-order chi connectivity index (χ1) is 12.8. The predicted octanol–water partition coefficient (Wildman–Crippen LogP) is 2.38. The largest absolute Gasteiger partial charge is 0.452 e. The van der Waals surface area contributed by atoms with E-state index in [1.54, 1.807) is 4.90 Å². The maximum Gasteiger partial charge on any atom is 0.311 e. The van der Waals surface area contributed by atoms with Gasteiger partial charge < -0.3 is 15.0 Å². The molecular formula is C20H27FN2O4. The van der Waals surface area contributed by atoms with Gasteiger partial charge in [-0.3, -0.25) is 14.4 Å². The number of hydrogen-bond donors (Lipinski definition) is 1. The van der Waals surface area contributed by atoms with Crippen LogP contribution in [-0.2, 0) is 14.3 Å². The van der Waals surface area contributed by atoms with Crippen molar-refractivity contribution in [1.29, 1.82) is 0 Å². The van der Waals surface area contributed by atoms with E-state index < -0.39 is 23.8 Å². The van der Waals surface area contributed by atoms with Crippen LogP contribution in [0.3, 0.4) is 0 Å². The van der Waals surface area contributed by atoms with E-state index in [0.717, 1.165) is 0 Å². The molecule has 1 saturated heterocycles. The van der Waals surface area contributed by atoms with Crippen LogP contribution in [0, 0.1) is 17.7 Å². The topological polar surface area (TPSA) is 75.7 Å². The molecule has 7 heteroatoms. The van der Waals surface area contributed by atoms with Crippen LogP contribution in [0.5, 0.6) is 0 Å². The van der Waals surface area contributed by atoms with Crippen molar-refractivity contribution < 1.29 is 23.5 Å². The molecule has 2 atom stereocenters. The Labute approximate surface area is 159 Å². The maximum atomic E-state index is 13.0. The Balaban J connectivity index is 1.90. The molecule has 1 fully saturated rings. The number of hydrogen-bond acceptors (Lipinski definition) is 4. The highest BCUT2D eigenvalue weighted by molar-refractivity contribution is 5.94. The van der Waals surface area contributed by atoms with E-state index in [1.807, 2.05) is 13.8 Å². The summed E-state index contributed by atoms with van der Waals surface area (Å²) in [7, 11) is 0. The molecule has 0 bridgehead atoms. The van der Waals surface area contributed by atoms with Crippen LogP contribution < -0.4 is 5.32 Å². The van der Waals surface area contributed by atoms with Crippen molar-refractivity contribution in [3.63, 3.8) is 0 Å². The fraction of sp³-hybridized carbons (Fsp3) is 0.550. The molecule has 0 aliphatic carbocycles. The Bertz CT molecular complexity index is 675. The normalized spacial score (nSPS) is 18.1. The molecular weight excluding hydrogens is 351 g/mol. The third-order valence-electron chi connectivity index (χ3n) is 4.48. The van der Waals surface area contributed by atoms with Crippen molar-refractivity contribution in [1.82, 2.24) is 10.2 Å². The number of nitrogens with zero attached hydrogens (tertiary/aromatic N) is 1. The summed E-state index contributed by atoms with van der Waals surface area (Å²) in [5.41, 5.74) is 0.381. The Morgan fingerprint density at radius 2 is 1.89 bits per heavy atom. The van der Waals surface area contributed by atoms with E-state index in [2.05, 4.69) is 5.32 Å². The lowest BCUT2D eigenvalue weighted by Crippen LogP contribution is -2.44. The molecule has 0 radical (unpaired) electrons. The zero-order valence-corrected chi connectivity index (χ0v) is 16.0. The number of benzene rings is 1. The molecule has 0 aromatic heterocycles. The summed E-state index contributed by atoms with van der Waals surface area (Å²) in [5, 5.41) is 2.73. The minimum absolute atomic E-state index is 0.232. The van der Waals surface area contributed by atoms with Crippen molar-refractivity contribution in [3.8, 4) is 0 Å². The smallest absolute Gasteiger partial charge is 0.311 e. The van der Waals surface area contributed by atoms with Crippen molar-refractivity contribution >= 4 is 17.8 Å². The molecule has 1 aromatic rings. The first-order valence-electron chi connectivity index (χ1n) is 9.31. The molecule has 2 amide bonds. The molecule has 148 valence electrons. The number of esters is 1. The molecule has 1 N–H and O–H groups in total. The monoisotopic (exact) mass is 378 g/mol. The lowest BCUT2D eigenvalue weighted by atomic mass is 9.97. The molecule has 1 aromatic carbocycles. The summed E-state index contributed by atoms with van der Waals surface area (Å²) >= 11 is 0. The van der Waals surface area contributed by atoms with Crippen LogP contribution in [0.25, 0.3) is 0 Å². The van der Waals surface area contributed by atoms with E-state index in [9.17, 15) is 18.8 Å². The van der Waals surface area contributed by atoms with Gasteiger partial charge in [0.2, 0.25) is 0 Å². The van der Waals surface area contributed by atoms with E-state index in [1.165, 1.54) is 31.2 Å². The number of amides is 2. The second kappa shape index (κ2) is 9.48. The van der Waals surface area contributed by atoms with Crippen LogP contribution in [-0.4, -0.2) is 48.4 Å². The highest BCUT2D eigenvalue weighted by atomic mass is 19.1. The van der Waals surface area contributed by atoms with Gasteiger partial charge in [-0.15, -0.1) is 0 Å². The van der Waals surface area contributed by atoms with E-state index in [-0.39, 0.29) is 18.4 Å². The van der Waals surface area contributed by atoms with Crippen molar-refractivity contribution in [2.75, 3.05) is 19.6 Å². The standard InChI is InChI=1S/C20H27FN2O4/c1-13(2)11-22-18(24)14(3)27-20(26)16-5-4-10-23(12-16)19(25)15-6-8-17(21)9-7-15/h6-9,13-14,16H,4-5,10-12H2,1-3H3,(H,22,24). The molecule has 6 nitrogen and oxygen atoms in total. The van der Waals surface area contributed by atoms with Gasteiger partial charge in [-0.25, -0.2) is 4.39 Å². The number of ether oxygens (including phenoxy) is 1. The van der Waals surface area contributed by atoms with Crippen LogP contribution in [0.4, 0.5) is 4.39 Å². The fourth-order valence-corrected chi connectivity index (χ4v) is 2.90. The summed E-state index contributed by atoms with van der Waals surface area (Å²) in [4.78, 5) is 38.5. The first kappa shape index (κ1) is 20.9. The van der Waals surface area contributed by atoms with Gasteiger partial charge in [-0.05, 0) is 49.9 Å². The molecule has 0 saturated carbocycles. The number of halogens is 1. The van der Waals surface area contributed by atoms with Crippen molar-refractivity contribution in [2.24, 2.45) is 11.8 Å². The van der Waals surface area contributed by atoms with Crippen molar-refractivity contribution in [3.05, 3.63) is 35.6 Å². The lowest BCUT2D eigenvalue weighted by molar-refractivity contribution is -0.160. The number of rotatable bonds is 6. The Hall–Kier alpha value is -2.44. The van der Waals surface area contributed by atoms with Gasteiger partial charge in [0.05, 0.1) is 5.92 Å². The molecule has 1 aliphatic heterocycles. The molecule has 2 unspecified atom stereocenters. The Kier molecular flexibility index (Phi) is 7.33. The van der Waals surface area contributed by atoms with E-state index >= 15 is 0 Å². The minimum Gasteiger partial charge on any atom is -0.452 e. The molecule has 0 spiro atoms. The molecule has 2 rings (SSSR count). The van der Waals surface area contributed by atoms with Gasteiger partial charge >= 0.3 is 5.97 Å². The quantitative estimate of drug-likeness (QED) is 0.771. The molecule has 1 heterocycles. The summed E-state index contributed by atoms with van der Waals surface area (Å²) in [6.45, 7) is 6.78. The Morgan fingerprint density at radius 1 is 1.22 bits per heavy atom. The van der Waals surface area contributed by atoms with Gasteiger partial charge in [-0.2, -0.15) is 0 Å². The fourth-order valence-electron chi connectivity index (χ4n) is 2.90. The van der Waals surface area contributed by atoms with Gasteiger partial charge in [0, 0.05) is 25.2 Å². The van der Waals surface area contributed by atoms with Crippen molar-refractivity contribution in [2.45, 2.75) is 39.7 Å². The van der Waals surface area contributed by atoms with E-state index in [4.69, 9.17) is 4.74 Å². The van der Waals surface area contributed by atoms with Gasteiger partial charge in [0.15, 0.2) is 6.10 Å². The molecule has 1 aliphatic rings. The second-order valence-electron chi connectivity index (χ2n) is 7.32. The second-order valence-corrected chi connectivity index (χ2v) is 7.32. The summed E-state index contributed by atoms with van der Waals surface area (Å²) in [5.74, 6) is -1.61. The average molecular weight is 378 g/mol. The van der Waals surface area contributed by atoms with Crippen LogP contribution in [0.1, 0.15) is 44.0 Å². The summed E-state index contributed by atoms with van der Waals surface area (Å²) in [6.07, 6.45) is 0.395. The first-order valence-corrected chi connectivity index (χ1v) is 9.31. The maximum absolute atomic E-state index is 13.0. The zero-order chi connectivity index (χ0) is 20.0. The van der Waals surface area contributed by atoms with Crippen LogP contribution in [0.2, 0.25) is 0 Å². The highest BCUT2D eigenvalue weighted by Crippen LogP contribution is 2.20. The van der Waals surface area contributed by atoms with Crippen LogP contribution in [0.15, 0.2) is 24.3 Å². The number of piperidine rings is 1. The SMILES string of the molecule is CC(C)CNC(=O)C(C)OC(=O)C1CCCN(C(=O)c2ccc(F)cc2)C1. The predicted molar refractivity (Wildman–Crippen MR) is 98.4 cm³/mol. The third-order valence-corrected chi connectivity index (χ3v) is 4.48. The van der Waals surface area contributed by atoms with Gasteiger partial charge in [-0.1, -0.05) is 13.8 Å². The minimum atomic E-state index is -0.876. The third kappa shape index (κ3) is 6.05. The zero-order valence-electron chi connectivity index (χ0n) is 16.0. The van der Waals surface area contributed by atoms with Gasteiger partial charge in [0.1, 0.15) is 5.82 Å². The molecule has 27 heavy (non-hydrogen) atoms. The number of nitrogens with one attached hydrogen (secondary N) is 1. The highest BCUT2D eigenvalue weighted by Gasteiger charge is 2.31. The average Bonchev–Trinajstić information content (AvgIpc) is 2.66.